The Hall–Kier alpha value is -3.38. The number of hydrazone groups is 1. The van der Waals surface area contributed by atoms with Crippen molar-refractivity contribution in [1.29, 1.82) is 0 Å². The number of nitrogens with zero attached hydrogens (tertiary/aromatic N) is 2. The maximum Gasteiger partial charge on any atom is 0.298 e. The Morgan fingerprint density at radius 3 is 2.52 bits per heavy atom. The van der Waals surface area contributed by atoms with Crippen molar-refractivity contribution < 1.29 is 18.8 Å². The number of ether oxygens (including phenoxy) is 1. The van der Waals surface area contributed by atoms with Crippen LogP contribution in [0.3, 0.4) is 0 Å². The quantitative estimate of drug-likeness (QED) is 0.642. The van der Waals surface area contributed by atoms with E-state index in [4.69, 9.17) is 14.3 Å². The van der Waals surface area contributed by atoms with Gasteiger partial charge in [-0.2, -0.15) is 5.10 Å². The van der Waals surface area contributed by atoms with E-state index in [1.807, 2.05) is 80.7 Å². The Morgan fingerprint density at radius 2 is 1.87 bits per heavy atom. The van der Waals surface area contributed by atoms with E-state index in [1.165, 1.54) is 0 Å². The molecule has 1 aliphatic heterocycles. The van der Waals surface area contributed by atoms with Crippen LogP contribution in [-0.2, 0) is 11.3 Å². The molecule has 0 aliphatic carbocycles. The lowest BCUT2D eigenvalue weighted by atomic mass is 9.98. The number of aryl methyl sites for hydroxylation is 1. The molecule has 0 spiro atoms. The fraction of sp³-hybridized carbons (Fsp3) is 0.280. The van der Waals surface area contributed by atoms with Crippen molar-refractivity contribution in [2.75, 3.05) is 20.7 Å². The van der Waals surface area contributed by atoms with Gasteiger partial charge in [0.1, 0.15) is 18.1 Å². The van der Waals surface area contributed by atoms with E-state index in [9.17, 15) is 4.79 Å². The summed E-state index contributed by atoms with van der Waals surface area (Å²) in [5.41, 5.74) is 3.01. The maximum absolute atomic E-state index is 13.3. The summed E-state index contributed by atoms with van der Waals surface area (Å²) in [5.74, 6) is 2.55. The lowest BCUT2D eigenvalue weighted by Crippen LogP contribution is -3.08. The second-order valence-corrected chi connectivity index (χ2v) is 7.97. The minimum atomic E-state index is -0.132. The average Bonchev–Trinajstić information content (AvgIpc) is 3.41. The molecule has 0 radical (unpaired) electrons. The molecule has 0 fully saturated rings. The van der Waals surface area contributed by atoms with Gasteiger partial charge in [-0.25, -0.2) is 5.01 Å². The molecular formula is C25H28N3O3+. The highest BCUT2D eigenvalue weighted by atomic mass is 16.5. The van der Waals surface area contributed by atoms with Crippen molar-refractivity contribution in [2.24, 2.45) is 5.10 Å². The van der Waals surface area contributed by atoms with Gasteiger partial charge in [0.25, 0.3) is 5.91 Å². The van der Waals surface area contributed by atoms with Crippen LogP contribution in [0.5, 0.6) is 5.75 Å². The van der Waals surface area contributed by atoms with Gasteiger partial charge in [0.15, 0.2) is 12.3 Å². The molecule has 31 heavy (non-hydrogen) atoms. The summed E-state index contributed by atoms with van der Waals surface area (Å²) in [4.78, 5) is 14.3. The van der Waals surface area contributed by atoms with E-state index in [2.05, 4.69) is 0 Å². The van der Waals surface area contributed by atoms with E-state index in [1.54, 1.807) is 12.1 Å². The van der Waals surface area contributed by atoms with E-state index >= 15 is 0 Å². The van der Waals surface area contributed by atoms with E-state index in [0.29, 0.717) is 19.5 Å². The summed E-state index contributed by atoms with van der Waals surface area (Å²) >= 11 is 0. The summed E-state index contributed by atoms with van der Waals surface area (Å²) in [6.07, 6.45) is 0.679. The van der Waals surface area contributed by atoms with Crippen LogP contribution in [0.25, 0.3) is 0 Å². The standard InChI is InChI=1S/C25H27N3O3/c1-18-9-12-22(31-18)16-27(2)17-25(29)28-24(20-10-13-21(30-3)14-11-20)15-23(26-28)19-7-5-4-6-8-19/h4-14,24H,15-17H2,1-3H3/p+1/t24-/m1/s1. The molecule has 2 atom stereocenters. The van der Waals surface area contributed by atoms with Crippen molar-refractivity contribution in [3.8, 4) is 5.75 Å². The van der Waals surface area contributed by atoms with Gasteiger partial charge >= 0.3 is 0 Å². The normalized spacial score (nSPS) is 16.8. The number of rotatable bonds is 7. The number of nitrogens with one attached hydrogen (secondary N) is 1. The number of carbonyl (C=O) groups excluding carboxylic acids is 1. The number of carbonyl (C=O) groups is 1. The summed E-state index contributed by atoms with van der Waals surface area (Å²) in [6.45, 7) is 2.90. The molecule has 3 aromatic rings. The first-order valence-corrected chi connectivity index (χ1v) is 10.5. The van der Waals surface area contributed by atoms with E-state index in [-0.39, 0.29) is 11.9 Å². The van der Waals surface area contributed by atoms with Crippen molar-refractivity contribution in [2.45, 2.75) is 25.9 Å². The second kappa shape index (κ2) is 9.18. The fourth-order valence-electron chi connectivity index (χ4n) is 3.91. The van der Waals surface area contributed by atoms with Crippen LogP contribution in [0.1, 0.15) is 35.1 Å². The molecule has 6 heteroatoms. The molecule has 160 valence electrons. The Bertz CT molecular complexity index is 1060. The van der Waals surface area contributed by atoms with Gasteiger partial charge < -0.3 is 14.1 Å². The zero-order valence-electron chi connectivity index (χ0n) is 18.2. The number of hydrogen-bond acceptors (Lipinski definition) is 4. The molecule has 0 saturated heterocycles. The summed E-state index contributed by atoms with van der Waals surface area (Å²) < 4.78 is 10.9. The van der Waals surface area contributed by atoms with Crippen LogP contribution in [0, 0.1) is 6.92 Å². The molecule has 4 rings (SSSR count). The zero-order chi connectivity index (χ0) is 21.8. The first-order chi connectivity index (χ1) is 15.0. The third-order valence-electron chi connectivity index (χ3n) is 5.50. The van der Waals surface area contributed by atoms with Crippen LogP contribution in [-0.4, -0.2) is 37.3 Å². The van der Waals surface area contributed by atoms with Crippen LogP contribution in [0.15, 0.2) is 76.2 Å². The number of quaternary nitrogens is 1. The average molecular weight is 419 g/mol. The lowest BCUT2D eigenvalue weighted by Gasteiger charge is -2.23. The smallest absolute Gasteiger partial charge is 0.298 e. The molecule has 2 heterocycles. The largest absolute Gasteiger partial charge is 0.497 e. The van der Waals surface area contributed by atoms with Crippen molar-refractivity contribution in [1.82, 2.24) is 5.01 Å². The molecule has 1 aliphatic rings. The SMILES string of the molecule is COc1ccc([C@H]2CC(c3ccccc3)=NN2C(=O)C[NH+](C)Cc2ccc(C)o2)cc1. The number of likely N-dealkylation sites (N-methyl/N-ethyl adjacent to an activating group) is 1. The van der Waals surface area contributed by atoms with Gasteiger partial charge in [-0.05, 0) is 42.3 Å². The first-order valence-electron chi connectivity index (χ1n) is 10.5. The fourth-order valence-corrected chi connectivity index (χ4v) is 3.91. The second-order valence-electron chi connectivity index (χ2n) is 7.97. The molecule has 1 unspecified atom stereocenters. The summed E-state index contributed by atoms with van der Waals surface area (Å²) in [6, 6.07) is 21.7. The van der Waals surface area contributed by atoms with Gasteiger partial charge in [0, 0.05) is 6.42 Å². The predicted molar refractivity (Wildman–Crippen MR) is 119 cm³/mol. The molecule has 0 saturated carbocycles. The summed E-state index contributed by atoms with van der Waals surface area (Å²) in [5, 5.41) is 6.41. The molecule has 1 amide bonds. The van der Waals surface area contributed by atoms with Gasteiger partial charge in [0.2, 0.25) is 0 Å². The number of benzene rings is 2. The third-order valence-corrected chi connectivity index (χ3v) is 5.50. The first kappa shape index (κ1) is 20.9. The highest BCUT2D eigenvalue weighted by Crippen LogP contribution is 2.33. The predicted octanol–water partition coefficient (Wildman–Crippen LogP) is 2.99. The van der Waals surface area contributed by atoms with Crippen molar-refractivity contribution in [3.63, 3.8) is 0 Å². The molecule has 1 aromatic heterocycles. The molecule has 1 N–H and O–H groups in total. The molecular weight excluding hydrogens is 390 g/mol. The van der Waals surface area contributed by atoms with E-state index < -0.39 is 0 Å². The molecule has 0 bridgehead atoms. The van der Waals surface area contributed by atoms with E-state index in [0.717, 1.165) is 39.0 Å². The number of amides is 1. The summed E-state index contributed by atoms with van der Waals surface area (Å²) in [7, 11) is 3.65. The Labute approximate surface area is 182 Å². The third kappa shape index (κ3) is 4.86. The van der Waals surface area contributed by atoms with Gasteiger partial charge in [-0.15, -0.1) is 0 Å². The minimum Gasteiger partial charge on any atom is -0.497 e. The van der Waals surface area contributed by atoms with Crippen LogP contribution >= 0.6 is 0 Å². The number of methoxy groups -OCH3 is 1. The highest BCUT2D eigenvalue weighted by Gasteiger charge is 2.34. The van der Waals surface area contributed by atoms with Gasteiger partial charge in [-0.3, -0.25) is 4.79 Å². The number of hydrogen-bond donors (Lipinski definition) is 1. The van der Waals surface area contributed by atoms with Crippen molar-refractivity contribution >= 4 is 11.6 Å². The Morgan fingerprint density at radius 1 is 1.13 bits per heavy atom. The topological polar surface area (TPSA) is 59.5 Å². The van der Waals surface area contributed by atoms with Crippen LogP contribution < -0.4 is 9.64 Å². The maximum atomic E-state index is 13.3. The van der Waals surface area contributed by atoms with Crippen LogP contribution in [0.4, 0.5) is 0 Å². The van der Waals surface area contributed by atoms with Gasteiger partial charge in [-0.1, -0.05) is 42.5 Å². The molecule has 2 aromatic carbocycles. The van der Waals surface area contributed by atoms with Crippen LogP contribution in [0.2, 0.25) is 0 Å². The number of furan rings is 1. The monoisotopic (exact) mass is 418 g/mol. The zero-order valence-corrected chi connectivity index (χ0v) is 18.2. The molecule has 6 nitrogen and oxygen atoms in total. The Kier molecular flexibility index (Phi) is 6.18. The Balaban J connectivity index is 1.54. The minimum absolute atomic E-state index is 0.00692. The van der Waals surface area contributed by atoms with Gasteiger partial charge in [0.05, 0.1) is 25.9 Å². The van der Waals surface area contributed by atoms with Crippen molar-refractivity contribution in [3.05, 3.63) is 89.4 Å². The highest BCUT2D eigenvalue weighted by molar-refractivity contribution is 6.03. The lowest BCUT2D eigenvalue weighted by molar-refractivity contribution is -0.886.